The predicted octanol–water partition coefficient (Wildman–Crippen LogP) is 3.73. The summed E-state index contributed by atoms with van der Waals surface area (Å²) in [5.74, 6) is -2.11. The molecule has 1 aliphatic heterocycles. The first-order chi connectivity index (χ1) is 17.4. The zero-order valence-electron chi connectivity index (χ0n) is 19.1. The fraction of sp³-hybridized carbons (Fsp3) is 0.148. The molecule has 1 unspecified atom stereocenters. The number of aliphatic carboxylic acids is 1. The van der Waals surface area contributed by atoms with Crippen molar-refractivity contribution in [1.82, 2.24) is 14.5 Å². The molecule has 9 nitrogen and oxygen atoms in total. The Labute approximate surface area is 206 Å². The van der Waals surface area contributed by atoms with Gasteiger partial charge in [0, 0.05) is 18.7 Å². The highest BCUT2D eigenvalue weighted by atomic mass is 16.4. The third-order valence-electron chi connectivity index (χ3n) is 6.19. The van der Waals surface area contributed by atoms with E-state index in [4.69, 9.17) is 0 Å². The first kappa shape index (κ1) is 23.0. The number of hydrogen-bond acceptors (Lipinski definition) is 5. The second-order valence-corrected chi connectivity index (χ2v) is 8.49. The molecule has 3 amide bonds. The van der Waals surface area contributed by atoms with Gasteiger partial charge in [0.05, 0.1) is 41.0 Å². The smallest absolute Gasteiger partial charge is 0.305 e. The molecular formula is C27H22N4O5. The van der Waals surface area contributed by atoms with E-state index in [1.54, 1.807) is 53.4 Å². The van der Waals surface area contributed by atoms with Gasteiger partial charge in [0.2, 0.25) is 5.91 Å². The maximum absolute atomic E-state index is 12.7. The summed E-state index contributed by atoms with van der Waals surface area (Å²) in [6.07, 6.45) is 1.40. The molecule has 0 saturated heterocycles. The lowest BCUT2D eigenvalue weighted by Gasteiger charge is -2.18. The summed E-state index contributed by atoms with van der Waals surface area (Å²) in [4.78, 5) is 54.7. The number of carboxylic acid groups (broad SMARTS) is 1. The number of carbonyl (C=O) groups excluding carboxylic acids is 3. The minimum absolute atomic E-state index is 0.0347. The zero-order chi connectivity index (χ0) is 25.2. The molecular weight excluding hydrogens is 460 g/mol. The van der Waals surface area contributed by atoms with Gasteiger partial charge in [-0.05, 0) is 35.9 Å². The Balaban J connectivity index is 1.32. The van der Waals surface area contributed by atoms with Crippen molar-refractivity contribution < 1.29 is 24.3 Å². The molecule has 2 N–H and O–H groups in total. The molecule has 9 heteroatoms. The number of imidazole rings is 1. The van der Waals surface area contributed by atoms with E-state index in [-0.39, 0.29) is 25.3 Å². The number of aromatic nitrogens is 2. The molecule has 0 aliphatic carbocycles. The molecule has 1 aliphatic rings. The standard InChI is InChI=1S/C27H22N4O5/c32-24(12-13-30-26(35)19-8-4-5-9-20(19)27(30)36)29-18-10-11-21-23(14-18)31(16-28-21)22(15-25(33)34)17-6-2-1-3-7-17/h1-11,14,16,22H,12-13,15H2,(H,29,32)(H,33,34). The Bertz CT molecular complexity index is 1460. The molecule has 0 spiro atoms. The van der Waals surface area contributed by atoms with Gasteiger partial charge >= 0.3 is 5.97 Å². The third kappa shape index (κ3) is 4.34. The number of nitrogens with zero attached hydrogens (tertiary/aromatic N) is 3. The maximum atomic E-state index is 12.7. The van der Waals surface area contributed by atoms with Crippen LogP contribution in [0.25, 0.3) is 11.0 Å². The average molecular weight is 482 g/mol. The molecule has 1 aromatic heterocycles. The van der Waals surface area contributed by atoms with E-state index in [1.807, 2.05) is 30.3 Å². The average Bonchev–Trinajstić information content (AvgIpc) is 3.40. The number of hydrogen-bond donors (Lipinski definition) is 2. The SMILES string of the molecule is O=C(O)CC(c1ccccc1)n1cnc2ccc(NC(=O)CCN3C(=O)c4ccccc4C3=O)cc21. The van der Waals surface area contributed by atoms with Crippen molar-refractivity contribution in [3.05, 3.63) is 95.8 Å². The Morgan fingerprint density at radius 3 is 2.25 bits per heavy atom. The highest BCUT2D eigenvalue weighted by Gasteiger charge is 2.35. The number of amides is 3. The van der Waals surface area contributed by atoms with E-state index >= 15 is 0 Å². The van der Waals surface area contributed by atoms with Gasteiger partial charge in [-0.1, -0.05) is 42.5 Å². The number of imide groups is 1. The van der Waals surface area contributed by atoms with Crippen LogP contribution < -0.4 is 5.32 Å². The number of fused-ring (bicyclic) bond motifs is 2. The summed E-state index contributed by atoms with van der Waals surface area (Å²) in [6, 6.07) is 20.6. The number of carboxylic acids is 1. The summed E-state index contributed by atoms with van der Waals surface area (Å²) in [5.41, 5.74) is 3.34. The van der Waals surface area contributed by atoms with E-state index in [2.05, 4.69) is 10.3 Å². The summed E-state index contributed by atoms with van der Waals surface area (Å²) in [5, 5.41) is 12.3. The van der Waals surface area contributed by atoms with Crippen molar-refractivity contribution >= 4 is 40.4 Å². The lowest BCUT2D eigenvalue weighted by Crippen LogP contribution is -2.32. The second-order valence-electron chi connectivity index (χ2n) is 8.49. The molecule has 0 saturated carbocycles. The van der Waals surface area contributed by atoms with Gasteiger partial charge in [-0.3, -0.25) is 24.1 Å². The second kappa shape index (κ2) is 9.46. The lowest BCUT2D eigenvalue weighted by atomic mass is 10.0. The zero-order valence-corrected chi connectivity index (χ0v) is 19.1. The molecule has 0 fully saturated rings. The predicted molar refractivity (Wildman–Crippen MR) is 132 cm³/mol. The molecule has 0 bridgehead atoms. The van der Waals surface area contributed by atoms with Gasteiger partial charge in [0.15, 0.2) is 0 Å². The molecule has 2 heterocycles. The summed E-state index contributed by atoms with van der Waals surface area (Å²) >= 11 is 0. The molecule has 3 aromatic carbocycles. The first-order valence-corrected chi connectivity index (χ1v) is 11.4. The number of nitrogens with one attached hydrogen (secondary N) is 1. The van der Waals surface area contributed by atoms with E-state index in [0.29, 0.717) is 27.8 Å². The number of benzene rings is 3. The van der Waals surface area contributed by atoms with Gasteiger partial charge in [0.1, 0.15) is 0 Å². The Morgan fingerprint density at radius 2 is 1.58 bits per heavy atom. The highest BCUT2D eigenvalue weighted by molar-refractivity contribution is 6.21. The molecule has 36 heavy (non-hydrogen) atoms. The lowest BCUT2D eigenvalue weighted by molar-refractivity contribution is -0.137. The number of carbonyl (C=O) groups is 4. The van der Waals surface area contributed by atoms with Crippen molar-refractivity contribution in [2.75, 3.05) is 11.9 Å². The van der Waals surface area contributed by atoms with Crippen molar-refractivity contribution in [2.45, 2.75) is 18.9 Å². The van der Waals surface area contributed by atoms with Crippen LogP contribution in [-0.2, 0) is 9.59 Å². The quantitative estimate of drug-likeness (QED) is 0.369. The Hall–Kier alpha value is -4.79. The van der Waals surface area contributed by atoms with E-state index in [1.165, 1.54) is 0 Å². The van der Waals surface area contributed by atoms with Crippen molar-refractivity contribution in [3.8, 4) is 0 Å². The van der Waals surface area contributed by atoms with E-state index in [9.17, 15) is 24.3 Å². The summed E-state index contributed by atoms with van der Waals surface area (Å²) in [6.45, 7) is -0.0347. The molecule has 0 radical (unpaired) electrons. The largest absolute Gasteiger partial charge is 0.481 e. The van der Waals surface area contributed by atoms with Crippen molar-refractivity contribution in [3.63, 3.8) is 0 Å². The molecule has 180 valence electrons. The minimum atomic E-state index is -0.941. The Morgan fingerprint density at radius 1 is 0.917 bits per heavy atom. The fourth-order valence-electron chi connectivity index (χ4n) is 4.45. The van der Waals surface area contributed by atoms with Gasteiger partial charge in [-0.25, -0.2) is 4.98 Å². The highest BCUT2D eigenvalue weighted by Crippen LogP contribution is 2.28. The van der Waals surface area contributed by atoms with Crippen LogP contribution in [0.15, 0.2) is 79.1 Å². The van der Waals surface area contributed by atoms with Crippen molar-refractivity contribution in [2.24, 2.45) is 0 Å². The summed E-state index contributed by atoms with van der Waals surface area (Å²) < 4.78 is 1.78. The van der Waals surface area contributed by atoms with Gasteiger partial charge in [0.25, 0.3) is 11.8 Å². The minimum Gasteiger partial charge on any atom is -0.481 e. The third-order valence-corrected chi connectivity index (χ3v) is 6.19. The maximum Gasteiger partial charge on any atom is 0.305 e. The van der Waals surface area contributed by atoms with Crippen LogP contribution in [0.4, 0.5) is 5.69 Å². The normalized spacial score (nSPS) is 13.6. The van der Waals surface area contributed by atoms with Gasteiger partial charge < -0.3 is 15.0 Å². The van der Waals surface area contributed by atoms with E-state index < -0.39 is 23.8 Å². The molecule has 4 aromatic rings. The number of anilines is 1. The van der Waals surface area contributed by atoms with Crippen LogP contribution in [-0.4, -0.2) is 49.8 Å². The van der Waals surface area contributed by atoms with Crippen LogP contribution in [0.2, 0.25) is 0 Å². The van der Waals surface area contributed by atoms with Crippen molar-refractivity contribution in [1.29, 1.82) is 0 Å². The van der Waals surface area contributed by atoms with Crippen LogP contribution >= 0.6 is 0 Å². The van der Waals surface area contributed by atoms with Crippen LogP contribution in [0.1, 0.15) is 45.2 Å². The fourth-order valence-corrected chi connectivity index (χ4v) is 4.45. The topological polar surface area (TPSA) is 122 Å². The van der Waals surface area contributed by atoms with Gasteiger partial charge in [-0.2, -0.15) is 0 Å². The van der Waals surface area contributed by atoms with Crippen LogP contribution in [0, 0.1) is 0 Å². The van der Waals surface area contributed by atoms with Crippen LogP contribution in [0.5, 0.6) is 0 Å². The molecule has 1 atom stereocenters. The van der Waals surface area contributed by atoms with Gasteiger partial charge in [-0.15, -0.1) is 0 Å². The van der Waals surface area contributed by atoms with E-state index in [0.717, 1.165) is 10.5 Å². The summed E-state index contributed by atoms with van der Waals surface area (Å²) in [7, 11) is 0. The Kier molecular flexibility index (Phi) is 6.03. The molecule has 5 rings (SSSR count). The van der Waals surface area contributed by atoms with Crippen LogP contribution in [0.3, 0.4) is 0 Å². The number of rotatable bonds is 8. The monoisotopic (exact) mass is 482 g/mol. The first-order valence-electron chi connectivity index (χ1n) is 11.4.